The van der Waals surface area contributed by atoms with E-state index in [0.717, 1.165) is 24.1 Å². The highest BCUT2D eigenvalue weighted by atomic mass is 32.1. The molecule has 3 aromatic rings. The maximum atomic E-state index is 12.9. The minimum atomic E-state index is -0.449. The number of amides is 1. The molecule has 6 nitrogen and oxygen atoms in total. The molecule has 0 unspecified atom stereocenters. The Bertz CT molecular complexity index is 1060. The molecule has 3 heterocycles. The fourth-order valence-corrected chi connectivity index (χ4v) is 5.57. The van der Waals surface area contributed by atoms with Gasteiger partial charge in [-0.1, -0.05) is 12.1 Å². The van der Waals surface area contributed by atoms with Crippen LogP contribution < -0.4 is 5.32 Å². The van der Waals surface area contributed by atoms with Crippen LogP contribution in [0.15, 0.2) is 41.1 Å². The summed E-state index contributed by atoms with van der Waals surface area (Å²) >= 11 is 3.45. The maximum Gasteiger partial charge on any atom is 0.293 e. The van der Waals surface area contributed by atoms with E-state index >= 15 is 0 Å². The predicted molar refractivity (Wildman–Crippen MR) is 117 cm³/mol. The number of carbonyl (C=O) groups excluding carboxylic acids is 1. The normalized spacial score (nSPS) is 16.4. The fraction of sp³-hybridized carbons (Fsp3) is 0.286. The highest BCUT2D eigenvalue weighted by Gasteiger charge is 2.32. The molecule has 1 aliphatic heterocycles. The van der Waals surface area contributed by atoms with Crippen molar-refractivity contribution in [3.05, 3.63) is 77.7 Å². The highest BCUT2D eigenvalue weighted by molar-refractivity contribution is 7.10. The van der Waals surface area contributed by atoms with Crippen LogP contribution in [0.2, 0.25) is 0 Å². The van der Waals surface area contributed by atoms with Gasteiger partial charge in [-0.25, -0.2) is 0 Å². The Labute approximate surface area is 176 Å². The number of carbonyl (C=O) groups is 1. The molecule has 4 rings (SSSR count). The zero-order valence-corrected chi connectivity index (χ0v) is 17.8. The molecule has 1 N–H and O–H groups in total. The lowest BCUT2D eigenvalue weighted by atomic mass is 9.98. The summed E-state index contributed by atoms with van der Waals surface area (Å²) in [6, 6.07) is 9.47. The number of benzene rings is 1. The molecule has 0 spiro atoms. The van der Waals surface area contributed by atoms with Gasteiger partial charge < -0.3 is 5.32 Å². The SMILES string of the molecule is Cc1ccc([N+](=O)[O-])c(NC(=O)CN2CCc3sccc3[C@@H]2c2cccs2)c1C. The lowest BCUT2D eigenvalue weighted by Crippen LogP contribution is -2.40. The molecule has 8 heteroatoms. The van der Waals surface area contributed by atoms with Crippen molar-refractivity contribution >= 4 is 40.0 Å². The summed E-state index contributed by atoms with van der Waals surface area (Å²) in [7, 11) is 0. The first-order valence-corrected chi connectivity index (χ1v) is 11.1. The van der Waals surface area contributed by atoms with Crippen LogP contribution in [-0.4, -0.2) is 28.8 Å². The second-order valence-electron chi connectivity index (χ2n) is 7.14. The van der Waals surface area contributed by atoms with Gasteiger partial charge >= 0.3 is 0 Å². The van der Waals surface area contributed by atoms with Gasteiger partial charge in [0.25, 0.3) is 5.69 Å². The molecule has 0 fully saturated rings. The molecule has 29 heavy (non-hydrogen) atoms. The number of thiophene rings is 2. The number of aryl methyl sites for hydroxylation is 1. The Morgan fingerprint density at radius 3 is 2.79 bits per heavy atom. The first kappa shape index (κ1) is 19.8. The fourth-order valence-electron chi connectivity index (χ4n) is 3.79. The monoisotopic (exact) mass is 427 g/mol. The van der Waals surface area contributed by atoms with Crippen molar-refractivity contribution in [2.45, 2.75) is 26.3 Å². The summed E-state index contributed by atoms with van der Waals surface area (Å²) in [6.07, 6.45) is 0.909. The van der Waals surface area contributed by atoms with E-state index in [-0.39, 0.29) is 24.2 Å². The number of fused-ring (bicyclic) bond motifs is 1. The summed E-state index contributed by atoms with van der Waals surface area (Å²) in [5.74, 6) is -0.234. The molecule has 1 atom stereocenters. The zero-order valence-electron chi connectivity index (χ0n) is 16.2. The van der Waals surface area contributed by atoms with Crippen LogP contribution in [0, 0.1) is 24.0 Å². The third-order valence-corrected chi connectivity index (χ3v) is 7.32. The number of hydrogen-bond donors (Lipinski definition) is 1. The molecule has 0 aliphatic carbocycles. The molecule has 1 aliphatic rings. The number of nitrogens with zero attached hydrogens (tertiary/aromatic N) is 2. The van der Waals surface area contributed by atoms with Gasteiger partial charge in [0, 0.05) is 22.4 Å². The summed E-state index contributed by atoms with van der Waals surface area (Å²) in [4.78, 5) is 28.6. The number of rotatable bonds is 5. The third kappa shape index (κ3) is 3.83. The second-order valence-corrected chi connectivity index (χ2v) is 9.12. The van der Waals surface area contributed by atoms with Crippen LogP contribution in [0.1, 0.15) is 32.5 Å². The molecule has 150 valence electrons. The molecule has 0 bridgehead atoms. The van der Waals surface area contributed by atoms with E-state index in [9.17, 15) is 14.9 Å². The molecule has 0 saturated heterocycles. The Kier molecular flexibility index (Phi) is 5.49. The average Bonchev–Trinajstić information content (AvgIpc) is 3.37. The van der Waals surface area contributed by atoms with E-state index < -0.39 is 4.92 Å². The zero-order chi connectivity index (χ0) is 20.5. The van der Waals surface area contributed by atoms with E-state index in [1.54, 1.807) is 35.7 Å². The van der Waals surface area contributed by atoms with Gasteiger partial charge in [-0.05, 0) is 59.9 Å². The number of nitro groups is 1. The summed E-state index contributed by atoms with van der Waals surface area (Å²) in [6.45, 7) is 4.63. The Morgan fingerprint density at radius 1 is 1.24 bits per heavy atom. The summed E-state index contributed by atoms with van der Waals surface area (Å²) in [5, 5.41) is 18.4. The van der Waals surface area contributed by atoms with Gasteiger partial charge in [0.05, 0.1) is 17.5 Å². The minimum Gasteiger partial charge on any atom is -0.319 e. The molecule has 1 aromatic carbocycles. The van der Waals surface area contributed by atoms with Crippen LogP contribution >= 0.6 is 22.7 Å². The first-order valence-electron chi connectivity index (χ1n) is 9.34. The van der Waals surface area contributed by atoms with Gasteiger partial charge in [-0.2, -0.15) is 0 Å². The van der Waals surface area contributed by atoms with E-state index in [4.69, 9.17) is 0 Å². The summed E-state index contributed by atoms with van der Waals surface area (Å²) in [5.41, 5.74) is 3.11. The van der Waals surface area contributed by atoms with Gasteiger partial charge in [-0.3, -0.25) is 19.8 Å². The topological polar surface area (TPSA) is 75.5 Å². The molecular weight excluding hydrogens is 406 g/mol. The number of nitro benzene ring substituents is 1. The Hall–Kier alpha value is -2.55. The Balaban J connectivity index is 1.59. The minimum absolute atomic E-state index is 0.0457. The van der Waals surface area contributed by atoms with Gasteiger partial charge in [0.15, 0.2) is 0 Å². The standard InChI is InChI=1S/C21H21N3O3S2/c1-13-5-6-16(24(26)27)20(14(13)2)22-19(25)12-23-9-7-17-15(8-11-29-17)21(23)18-4-3-10-28-18/h3-6,8,10-11,21H,7,9,12H2,1-2H3,(H,22,25)/t21-/m1/s1. The van der Waals surface area contributed by atoms with Crippen LogP contribution in [0.3, 0.4) is 0 Å². The van der Waals surface area contributed by atoms with Crippen LogP contribution in [0.25, 0.3) is 0 Å². The van der Waals surface area contributed by atoms with Crippen LogP contribution in [0.5, 0.6) is 0 Å². The number of anilines is 1. The average molecular weight is 428 g/mol. The van der Waals surface area contributed by atoms with E-state index in [0.29, 0.717) is 5.69 Å². The van der Waals surface area contributed by atoms with Crippen molar-refractivity contribution in [1.82, 2.24) is 4.90 Å². The molecular formula is C21H21N3O3S2. The van der Waals surface area contributed by atoms with Crippen molar-refractivity contribution < 1.29 is 9.72 Å². The lowest BCUT2D eigenvalue weighted by molar-refractivity contribution is -0.384. The highest BCUT2D eigenvalue weighted by Crippen LogP contribution is 2.39. The first-order chi connectivity index (χ1) is 14.0. The Morgan fingerprint density at radius 2 is 2.07 bits per heavy atom. The van der Waals surface area contributed by atoms with Gasteiger partial charge in [0.2, 0.25) is 5.91 Å². The molecule has 0 radical (unpaired) electrons. The smallest absolute Gasteiger partial charge is 0.293 e. The number of hydrogen-bond acceptors (Lipinski definition) is 6. The molecule has 0 saturated carbocycles. The van der Waals surface area contributed by atoms with Crippen molar-refractivity contribution in [3.63, 3.8) is 0 Å². The van der Waals surface area contributed by atoms with E-state index in [1.165, 1.54) is 21.4 Å². The quantitative estimate of drug-likeness (QED) is 0.463. The van der Waals surface area contributed by atoms with Crippen LogP contribution in [-0.2, 0) is 11.2 Å². The number of nitrogens with one attached hydrogen (secondary N) is 1. The van der Waals surface area contributed by atoms with Crippen molar-refractivity contribution in [3.8, 4) is 0 Å². The van der Waals surface area contributed by atoms with Crippen LogP contribution in [0.4, 0.5) is 11.4 Å². The lowest BCUT2D eigenvalue weighted by Gasteiger charge is -2.34. The largest absolute Gasteiger partial charge is 0.319 e. The van der Waals surface area contributed by atoms with Crippen molar-refractivity contribution in [2.75, 3.05) is 18.4 Å². The third-order valence-electron chi connectivity index (χ3n) is 5.40. The van der Waals surface area contributed by atoms with Gasteiger partial charge in [0.1, 0.15) is 5.69 Å². The van der Waals surface area contributed by atoms with Crippen molar-refractivity contribution in [2.24, 2.45) is 0 Å². The van der Waals surface area contributed by atoms with E-state index in [2.05, 4.69) is 27.7 Å². The predicted octanol–water partition coefficient (Wildman–Crippen LogP) is 4.92. The second kappa shape index (κ2) is 8.06. The molecule has 2 aromatic heterocycles. The summed E-state index contributed by atoms with van der Waals surface area (Å²) < 4.78 is 0. The van der Waals surface area contributed by atoms with Gasteiger partial charge in [-0.15, -0.1) is 22.7 Å². The van der Waals surface area contributed by atoms with Crippen molar-refractivity contribution in [1.29, 1.82) is 0 Å². The molecule has 1 amide bonds. The van der Waals surface area contributed by atoms with E-state index in [1.807, 2.05) is 18.4 Å². The maximum absolute atomic E-state index is 12.9.